The third kappa shape index (κ3) is 6.09. The van der Waals surface area contributed by atoms with E-state index in [1.54, 1.807) is 0 Å². The molecule has 0 aliphatic rings. The third-order valence-corrected chi connectivity index (χ3v) is 7.68. The quantitative estimate of drug-likeness (QED) is 0.145. The summed E-state index contributed by atoms with van der Waals surface area (Å²) in [5.74, 6) is 3.55. The Morgan fingerprint density at radius 1 is 0.558 bits per heavy atom. The zero-order valence-corrected chi connectivity index (χ0v) is 25.4. The Bertz CT molecular complexity index is 1730. The second kappa shape index (κ2) is 12.7. The summed E-state index contributed by atoms with van der Waals surface area (Å²) in [6.45, 7) is 9.89. The molecule has 0 aliphatic carbocycles. The van der Waals surface area contributed by atoms with Gasteiger partial charge in [0.05, 0.1) is 24.2 Å². The van der Waals surface area contributed by atoms with Crippen LogP contribution in [-0.2, 0) is 0 Å². The molecule has 0 unspecified atom stereocenters. The summed E-state index contributed by atoms with van der Waals surface area (Å²) < 4.78 is 14.4. The van der Waals surface area contributed by atoms with Crippen molar-refractivity contribution in [2.24, 2.45) is 0 Å². The van der Waals surface area contributed by atoms with Crippen LogP contribution in [0.3, 0.4) is 0 Å². The highest BCUT2D eigenvalue weighted by Gasteiger charge is 2.19. The monoisotopic (exact) mass is 570 g/mol. The van der Waals surface area contributed by atoms with E-state index in [2.05, 4.69) is 105 Å². The molecule has 0 radical (unpaired) electrons. The van der Waals surface area contributed by atoms with Crippen molar-refractivity contribution in [3.8, 4) is 40.2 Å². The van der Waals surface area contributed by atoms with E-state index in [0.29, 0.717) is 30.8 Å². The SMILES string of the molecule is CCCCOc1ccc2c(c1)c1cc(OCCCC)ccc1n2-c1nc(-c2ccc(C)cc2)nc(-c2ccc(C)cc2)n1. The van der Waals surface area contributed by atoms with Crippen LogP contribution < -0.4 is 9.47 Å². The number of benzene rings is 4. The topological polar surface area (TPSA) is 62.1 Å². The van der Waals surface area contributed by atoms with Gasteiger partial charge in [-0.1, -0.05) is 86.3 Å². The van der Waals surface area contributed by atoms with Gasteiger partial charge in [-0.2, -0.15) is 9.97 Å². The van der Waals surface area contributed by atoms with Gasteiger partial charge in [-0.25, -0.2) is 4.98 Å². The van der Waals surface area contributed by atoms with Crippen LogP contribution in [0.1, 0.15) is 50.7 Å². The van der Waals surface area contributed by atoms with Crippen LogP contribution in [0.5, 0.6) is 11.5 Å². The number of aromatic nitrogens is 4. The standard InChI is InChI=1S/C37H38N4O2/c1-5-7-21-42-29-17-19-33-31(23-29)32-24-30(43-22-8-6-2)18-20-34(32)41(33)37-39-35(27-13-9-25(3)10-14-27)38-36(40-37)28-15-11-26(4)12-16-28/h9-20,23-24H,5-8,21-22H2,1-4H3. The largest absolute Gasteiger partial charge is 0.494 e. The van der Waals surface area contributed by atoms with Crippen LogP contribution >= 0.6 is 0 Å². The molecule has 6 heteroatoms. The van der Waals surface area contributed by atoms with E-state index in [0.717, 1.165) is 70.1 Å². The molecule has 0 N–H and O–H groups in total. The summed E-state index contributed by atoms with van der Waals surface area (Å²) >= 11 is 0. The van der Waals surface area contributed by atoms with Crippen molar-refractivity contribution >= 4 is 21.8 Å². The lowest BCUT2D eigenvalue weighted by Crippen LogP contribution is -2.06. The van der Waals surface area contributed by atoms with Gasteiger partial charge in [0, 0.05) is 21.9 Å². The normalized spacial score (nSPS) is 11.3. The van der Waals surface area contributed by atoms with E-state index in [1.165, 1.54) is 11.1 Å². The number of aryl methyl sites for hydroxylation is 2. The molecule has 43 heavy (non-hydrogen) atoms. The minimum Gasteiger partial charge on any atom is -0.494 e. The average molecular weight is 571 g/mol. The third-order valence-electron chi connectivity index (χ3n) is 7.68. The molecular weight excluding hydrogens is 532 g/mol. The van der Waals surface area contributed by atoms with Crippen LogP contribution in [0, 0.1) is 13.8 Å². The number of ether oxygens (including phenoxy) is 2. The molecule has 0 atom stereocenters. The lowest BCUT2D eigenvalue weighted by Gasteiger charge is -2.11. The molecule has 218 valence electrons. The molecule has 6 nitrogen and oxygen atoms in total. The smallest absolute Gasteiger partial charge is 0.238 e. The van der Waals surface area contributed by atoms with E-state index in [1.807, 2.05) is 12.1 Å². The molecule has 2 aromatic heterocycles. The van der Waals surface area contributed by atoms with Gasteiger partial charge in [0.2, 0.25) is 5.95 Å². The molecule has 2 heterocycles. The van der Waals surface area contributed by atoms with Gasteiger partial charge in [-0.05, 0) is 63.1 Å². The molecule has 0 spiro atoms. The first-order valence-electron chi connectivity index (χ1n) is 15.3. The fourth-order valence-electron chi connectivity index (χ4n) is 5.17. The minimum absolute atomic E-state index is 0.570. The van der Waals surface area contributed by atoms with E-state index < -0.39 is 0 Å². The number of hydrogen-bond donors (Lipinski definition) is 0. The van der Waals surface area contributed by atoms with Gasteiger partial charge in [0.15, 0.2) is 11.6 Å². The Balaban J connectivity index is 1.57. The molecule has 0 saturated carbocycles. The van der Waals surface area contributed by atoms with Crippen LogP contribution in [0.15, 0.2) is 84.9 Å². The summed E-state index contributed by atoms with van der Waals surface area (Å²) in [6, 6.07) is 29.2. The summed E-state index contributed by atoms with van der Waals surface area (Å²) in [7, 11) is 0. The maximum atomic E-state index is 6.12. The summed E-state index contributed by atoms with van der Waals surface area (Å²) in [5.41, 5.74) is 6.27. The lowest BCUT2D eigenvalue weighted by molar-refractivity contribution is 0.309. The number of nitrogens with zero attached hydrogens (tertiary/aromatic N) is 4. The maximum Gasteiger partial charge on any atom is 0.238 e. The van der Waals surface area contributed by atoms with Crippen LogP contribution in [0.4, 0.5) is 0 Å². The predicted octanol–water partition coefficient (Wildman–Crippen LogP) is 9.28. The second-order valence-corrected chi connectivity index (χ2v) is 11.1. The molecule has 0 aliphatic heterocycles. The summed E-state index contributed by atoms with van der Waals surface area (Å²) in [6.07, 6.45) is 4.21. The number of fused-ring (bicyclic) bond motifs is 3. The second-order valence-electron chi connectivity index (χ2n) is 11.1. The number of hydrogen-bond acceptors (Lipinski definition) is 5. The van der Waals surface area contributed by atoms with Crippen molar-refractivity contribution in [2.45, 2.75) is 53.4 Å². The molecule has 0 bridgehead atoms. The summed E-state index contributed by atoms with van der Waals surface area (Å²) in [4.78, 5) is 15.1. The zero-order valence-electron chi connectivity index (χ0n) is 25.4. The Morgan fingerprint density at radius 3 is 1.42 bits per heavy atom. The molecule has 6 rings (SSSR count). The van der Waals surface area contributed by atoms with Crippen molar-refractivity contribution in [1.29, 1.82) is 0 Å². The first kappa shape index (κ1) is 28.4. The van der Waals surface area contributed by atoms with Crippen molar-refractivity contribution in [2.75, 3.05) is 13.2 Å². The van der Waals surface area contributed by atoms with Crippen LogP contribution in [0.2, 0.25) is 0 Å². The Morgan fingerprint density at radius 2 is 1.00 bits per heavy atom. The van der Waals surface area contributed by atoms with E-state index in [9.17, 15) is 0 Å². The van der Waals surface area contributed by atoms with Gasteiger partial charge < -0.3 is 9.47 Å². The summed E-state index contributed by atoms with van der Waals surface area (Å²) in [5, 5.41) is 2.14. The van der Waals surface area contributed by atoms with Gasteiger partial charge >= 0.3 is 0 Å². The lowest BCUT2D eigenvalue weighted by atomic mass is 10.1. The minimum atomic E-state index is 0.570. The highest BCUT2D eigenvalue weighted by Crippen LogP contribution is 2.36. The van der Waals surface area contributed by atoms with E-state index in [4.69, 9.17) is 24.4 Å². The van der Waals surface area contributed by atoms with E-state index in [-0.39, 0.29) is 0 Å². The predicted molar refractivity (Wildman–Crippen MR) is 175 cm³/mol. The van der Waals surface area contributed by atoms with Gasteiger partial charge in [0.1, 0.15) is 11.5 Å². The first-order chi connectivity index (χ1) is 21.0. The highest BCUT2D eigenvalue weighted by molar-refractivity contribution is 6.10. The van der Waals surface area contributed by atoms with Gasteiger partial charge in [0.25, 0.3) is 0 Å². The Hall–Kier alpha value is -4.71. The van der Waals surface area contributed by atoms with Crippen LogP contribution in [-0.4, -0.2) is 32.7 Å². The maximum absolute atomic E-state index is 6.12. The number of rotatable bonds is 11. The average Bonchev–Trinajstić information content (AvgIpc) is 3.35. The van der Waals surface area contributed by atoms with Crippen molar-refractivity contribution in [3.63, 3.8) is 0 Å². The molecular formula is C37H38N4O2. The molecule has 6 aromatic rings. The molecule has 0 fully saturated rings. The zero-order chi connectivity index (χ0) is 29.8. The molecule has 4 aromatic carbocycles. The van der Waals surface area contributed by atoms with Crippen LogP contribution in [0.25, 0.3) is 50.5 Å². The van der Waals surface area contributed by atoms with Crippen molar-refractivity contribution in [3.05, 3.63) is 96.1 Å². The Labute approximate surface area is 253 Å². The van der Waals surface area contributed by atoms with Crippen molar-refractivity contribution in [1.82, 2.24) is 19.5 Å². The fraction of sp³-hybridized carbons (Fsp3) is 0.270. The fourth-order valence-corrected chi connectivity index (χ4v) is 5.17. The van der Waals surface area contributed by atoms with Gasteiger partial charge in [-0.3, -0.25) is 4.57 Å². The van der Waals surface area contributed by atoms with Gasteiger partial charge in [-0.15, -0.1) is 0 Å². The highest BCUT2D eigenvalue weighted by atomic mass is 16.5. The molecule has 0 saturated heterocycles. The van der Waals surface area contributed by atoms with Crippen molar-refractivity contribution < 1.29 is 9.47 Å². The first-order valence-corrected chi connectivity index (χ1v) is 15.3. The molecule has 0 amide bonds. The Kier molecular flexibility index (Phi) is 8.36. The number of unbranched alkanes of at least 4 members (excludes halogenated alkanes) is 2. The van der Waals surface area contributed by atoms with E-state index >= 15 is 0 Å².